The Hall–Kier alpha value is -1.56. The topological polar surface area (TPSA) is 68.3 Å². The molecule has 1 aliphatic rings. The van der Waals surface area contributed by atoms with Gasteiger partial charge in [-0.05, 0) is 41.8 Å². The lowest BCUT2D eigenvalue weighted by Gasteiger charge is -2.10. The molecule has 1 N–H and O–H groups in total. The molecule has 1 atom stereocenters. The lowest BCUT2D eigenvalue weighted by Crippen LogP contribution is -2.26. The fraction of sp³-hybridized carbons (Fsp3) is 0.385. The Morgan fingerprint density at radius 2 is 2.37 bits per heavy atom. The summed E-state index contributed by atoms with van der Waals surface area (Å²) >= 11 is 3.21. The molecule has 0 bridgehead atoms. The van der Waals surface area contributed by atoms with Gasteiger partial charge in [-0.2, -0.15) is 0 Å². The normalized spacial score (nSPS) is 16.3. The molecule has 0 spiro atoms. The van der Waals surface area contributed by atoms with E-state index in [1.807, 2.05) is 6.92 Å². The molecule has 0 aliphatic heterocycles. The minimum Gasteiger partial charge on any atom is -0.468 e. The van der Waals surface area contributed by atoms with Crippen molar-refractivity contribution in [3.63, 3.8) is 0 Å². The highest BCUT2D eigenvalue weighted by Gasteiger charge is 2.31. The summed E-state index contributed by atoms with van der Waals surface area (Å²) in [7, 11) is 0. The van der Waals surface area contributed by atoms with Crippen LogP contribution in [0.15, 0.2) is 31.9 Å². The molecule has 100 valence electrons. The van der Waals surface area contributed by atoms with E-state index in [1.165, 1.54) is 0 Å². The molecule has 1 saturated carbocycles. The van der Waals surface area contributed by atoms with Gasteiger partial charge in [0.2, 0.25) is 0 Å². The number of halogens is 1. The maximum absolute atomic E-state index is 12.2. The third kappa shape index (κ3) is 2.58. The van der Waals surface area contributed by atoms with Crippen LogP contribution in [0.3, 0.4) is 0 Å². The maximum atomic E-state index is 12.2. The third-order valence-electron chi connectivity index (χ3n) is 3.16. The largest absolute Gasteiger partial charge is 0.468 e. The second kappa shape index (κ2) is 4.85. The first-order chi connectivity index (χ1) is 9.15. The molecule has 0 aromatic carbocycles. The van der Waals surface area contributed by atoms with Crippen LogP contribution >= 0.6 is 15.9 Å². The molecule has 1 amide bonds. The van der Waals surface area contributed by atoms with Gasteiger partial charge >= 0.3 is 0 Å². The van der Waals surface area contributed by atoms with Crippen LogP contribution in [0, 0.1) is 0 Å². The van der Waals surface area contributed by atoms with Gasteiger partial charge in [-0.25, -0.2) is 0 Å². The molecule has 1 aliphatic carbocycles. The summed E-state index contributed by atoms with van der Waals surface area (Å²) in [5.74, 6) is 1.67. The Labute approximate surface area is 118 Å². The van der Waals surface area contributed by atoms with Crippen LogP contribution in [0.25, 0.3) is 0 Å². The molecular weight excluding hydrogens is 312 g/mol. The number of hydrogen-bond acceptors (Lipinski definition) is 4. The predicted molar refractivity (Wildman–Crippen MR) is 70.8 cm³/mol. The van der Waals surface area contributed by atoms with E-state index in [0.29, 0.717) is 21.8 Å². The summed E-state index contributed by atoms with van der Waals surface area (Å²) < 4.78 is 11.1. The van der Waals surface area contributed by atoms with E-state index in [-0.39, 0.29) is 11.9 Å². The SMILES string of the molecule is C[C@@H](NC(=O)c1ccoc1C1CC1)c1cc(Br)no1. The number of carbonyl (C=O) groups is 1. The number of amides is 1. The summed E-state index contributed by atoms with van der Waals surface area (Å²) in [6.07, 6.45) is 3.76. The zero-order valence-corrected chi connectivity index (χ0v) is 11.9. The summed E-state index contributed by atoms with van der Waals surface area (Å²) in [6.45, 7) is 1.85. The van der Waals surface area contributed by atoms with Gasteiger partial charge in [0.1, 0.15) is 10.4 Å². The van der Waals surface area contributed by atoms with Crippen LogP contribution in [-0.2, 0) is 0 Å². The van der Waals surface area contributed by atoms with Crippen molar-refractivity contribution in [1.29, 1.82) is 0 Å². The Morgan fingerprint density at radius 1 is 1.58 bits per heavy atom. The number of carbonyl (C=O) groups excluding carboxylic acids is 1. The number of nitrogens with one attached hydrogen (secondary N) is 1. The van der Waals surface area contributed by atoms with Crippen molar-refractivity contribution in [2.45, 2.75) is 31.7 Å². The van der Waals surface area contributed by atoms with Crippen LogP contribution in [0.4, 0.5) is 0 Å². The highest BCUT2D eigenvalue weighted by molar-refractivity contribution is 9.10. The van der Waals surface area contributed by atoms with Crippen LogP contribution in [0.1, 0.15) is 53.6 Å². The summed E-state index contributed by atoms with van der Waals surface area (Å²) in [5, 5.41) is 6.62. The molecule has 0 saturated heterocycles. The molecule has 19 heavy (non-hydrogen) atoms. The third-order valence-corrected chi connectivity index (χ3v) is 3.54. The summed E-state index contributed by atoms with van der Waals surface area (Å²) in [4.78, 5) is 12.2. The average molecular weight is 325 g/mol. The number of aromatic nitrogens is 1. The van der Waals surface area contributed by atoms with Gasteiger partial charge in [-0.15, -0.1) is 0 Å². The van der Waals surface area contributed by atoms with Crippen molar-refractivity contribution in [3.8, 4) is 0 Å². The Bertz CT molecular complexity index is 601. The first-order valence-corrected chi connectivity index (χ1v) is 6.95. The maximum Gasteiger partial charge on any atom is 0.255 e. The highest BCUT2D eigenvalue weighted by atomic mass is 79.9. The van der Waals surface area contributed by atoms with Crippen molar-refractivity contribution in [3.05, 3.63) is 40.1 Å². The first-order valence-electron chi connectivity index (χ1n) is 6.15. The van der Waals surface area contributed by atoms with Gasteiger partial charge in [0, 0.05) is 12.0 Å². The Morgan fingerprint density at radius 3 is 3.00 bits per heavy atom. The van der Waals surface area contributed by atoms with E-state index in [4.69, 9.17) is 8.94 Å². The summed E-state index contributed by atoms with van der Waals surface area (Å²) in [6, 6.07) is 3.21. The zero-order chi connectivity index (χ0) is 13.4. The van der Waals surface area contributed by atoms with E-state index in [1.54, 1.807) is 18.4 Å². The number of hydrogen-bond donors (Lipinski definition) is 1. The zero-order valence-electron chi connectivity index (χ0n) is 10.4. The molecule has 0 radical (unpaired) electrons. The average Bonchev–Trinajstić information content (AvgIpc) is 2.94. The van der Waals surface area contributed by atoms with E-state index in [0.717, 1.165) is 18.6 Å². The van der Waals surface area contributed by atoms with Gasteiger partial charge in [-0.1, -0.05) is 5.16 Å². The first kappa shape index (κ1) is 12.5. The minimum absolute atomic E-state index is 0.143. The fourth-order valence-electron chi connectivity index (χ4n) is 1.99. The van der Waals surface area contributed by atoms with E-state index in [9.17, 15) is 4.79 Å². The van der Waals surface area contributed by atoms with Crippen molar-refractivity contribution >= 4 is 21.8 Å². The van der Waals surface area contributed by atoms with E-state index < -0.39 is 0 Å². The number of furan rings is 1. The van der Waals surface area contributed by atoms with Crippen molar-refractivity contribution in [2.24, 2.45) is 0 Å². The fourth-order valence-corrected chi connectivity index (χ4v) is 2.28. The van der Waals surface area contributed by atoms with Crippen molar-refractivity contribution in [2.75, 3.05) is 0 Å². The smallest absolute Gasteiger partial charge is 0.255 e. The van der Waals surface area contributed by atoms with Crippen LogP contribution in [0.5, 0.6) is 0 Å². The van der Waals surface area contributed by atoms with Gasteiger partial charge < -0.3 is 14.3 Å². The summed E-state index contributed by atoms with van der Waals surface area (Å²) in [5.41, 5.74) is 0.618. The Kier molecular flexibility index (Phi) is 3.18. The van der Waals surface area contributed by atoms with Crippen LogP contribution in [0.2, 0.25) is 0 Å². The second-order valence-electron chi connectivity index (χ2n) is 4.72. The van der Waals surface area contributed by atoms with Crippen LogP contribution in [-0.4, -0.2) is 11.1 Å². The lowest BCUT2D eigenvalue weighted by atomic mass is 10.1. The lowest BCUT2D eigenvalue weighted by molar-refractivity contribution is 0.0931. The predicted octanol–water partition coefficient (Wildman–Crippen LogP) is 3.40. The standard InChI is InChI=1S/C13H13BrN2O3/c1-7(10-6-11(14)16-19-10)15-13(17)9-4-5-18-12(9)8-2-3-8/h4-8H,2-3H2,1H3,(H,15,17)/t7-/m1/s1. The minimum atomic E-state index is -0.242. The molecular formula is C13H13BrN2O3. The van der Waals surface area contributed by atoms with E-state index >= 15 is 0 Å². The second-order valence-corrected chi connectivity index (χ2v) is 5.53. The molecule has 0 unspecified atom stereocenters. The van der Waals surface area contributed by atoms with Gasteiger partial charge in [0.05, 0.1) is 17.9 Å². The van der Waals surface area contributed by atoms with Crippen LogP contribution < -0.4 is 5.32 Å². The molecule has 1 fully saturated rings. The molecule has 2 aromatic heterocycles. The van der Waals surface area contributed by atoms with Gasteiger partial charge in [0.25, 0.3) is 5.91 Å². The van der Waals surface area contributed by atoms with Gasteiger partial charge in [-0.3, -0.25) is 4.79 Å². The van der Waals surface area contributed by atoms with E-state index in [2.05, 4.69) is 26.4 Å². The number of nitrogens with zero attached hydrogens (tertiary/aromatic N) is 1. The van der Waals surface area contributed by atoms with Gasteiger partial charge in [0.15, 0.2) is 5.76 Å². The molecule has 6 heteroatoms. The quantitative estimate of drug-likeness (QED) is 0.935. The molecule has 2 heterocycles. The molecule has 3 rings (SSSR count). The van der Waals surface area contributed by atoms with Crippen molar-refractivity contribution in [1.82, 2.24) is 10.5 Å². The Balaban J connectivity index is 1.72. The number of rotatable bonds is 4. The highest BCUT2D eigenvalue weighted by Crippen LogP contribution is 2.42. The molecule has 5 nitrogen and oxygen atoms in total. The van der Waals surface area contributed by atoms with Crippen molar-refractivity contribution < 1.29 is 13.7 Å². The monoisotopic (exact) mass is 324 g/mol. The molecule has 2 aromatic rings.